The molecule has 0 aromatic carbocycles. The topological polar surface area (TPSA) is 55.6 Å². The molecule has 0 saturated carbocycles. The maximum Gasteiger partial charge on any atom is 0.163 e. The van der Waals surface area contributed by atoms with Gasteiger partial charge >= 0.3 is 0 Å². The predicted molar refractivity (Wildman–Crippen MR) is 73.6 cm³/mol. The Balaban J connectivity index is 1.88. The van der Waals surface area contributed by atoms with Crippen molar-refractivity contribution in [1.82, 2.24) is 19.7 Å². The summed E-state index contributed by atoms with van der Waals surface area (Å²) in [7, 11) is 1.89. The van der Waals surface area contributed by atoms with E-state index >= 15 is 0 Å². The molecular formula is C13H21N5. The van der Waals surface area contributed by atoms with Gasteiger partial charge in [-0.25, -0.2) is 9.97 Å². The molecule has 0 aliphatic rings. The van der Waals surface area contributed by atoms with Crippen LogP contribution in [0.2, 0.25) is 0 Å². The Morgan fingerprint density at radius 1 is 1.17 bits per heavy atom. The van der Waals surface area contributed by atoms with E-state index in [0.29, 0.717) is 0 Å². The van der Waals surface area contributed by atoms with Crippen molar-refractivity contribution in [3.8, 4) is 0 Å². The Morgan fingerprint density at radius 2 is 2.00 bits per heavy atom. The van der Waals surface area contributed by atoms with Crippen LogP contribution in [0.3, 0.4) is 0 Å². The summed E-state index contributed by atoms with van der Waals surface area (Å²) in [5.41, 5.74) is 0.874. The van der Waals surface area contributed by atoms with E-state index in [1.54, 1.807) is 11.0 Å². The number of hydrogen-bond donors (Lipinski definition) is 1. The van der Waals surface area contributed by atoms with Crippen molar-refractivity contribution < 1.29 is 0 Å². The summed E-state index contributed by atoms with van der Waals surface area (Å²) in [6, 6.07) is 0. The van der Waals surface area contributed by atoms with Gasteiger partial charge in [-0.1, -0.05) is 32.6 Å². The molecule has 0 bridgehead atoms. The molecule has 0 amide bonds. The molecule has 5 heteroatoms. The van der Waals surface area contributed by atoms with Crippen LogP contribution in [0.4, 0.5) is 5.82 Å². The zero-order chi connectivity index (χ0) is 12.8. The van der Waals surface area contributed by atoms with E-state index in [0.717, 1.165) is 23.4 Å². The molecule has 1 N–H and O–H groups in total. The first-order valence-corrected chi connectivity index (χ1v) is 6.69. The third-order valence-electron chi connectivity index (χ3n) is 3.10. The maximum atomic E-state index is 4.28. The van der Waals surface area contributed by atoms with Gasteiger partial charge in [-0.3, -0.25) is 4.68 Å². The summed E-state index contributed by atoms with van der Waals surface area (Å²) in [5, 5.41) is 8.57. The minimum atomic E-state index is 0.874. The lowest BCUT2D eigenvalue weighted by Crippen LogP contribution is -2.04. The van der Waals surface area contributed by atoms with Crippen LogP contribution in [0, 0.1) is 0 Å². The average Bonchev–Trinajstić information content (AvgIpc) is 2.77. The molecule has 0 fully saturated rings. The van der Waals surface area contributed by atoms with Crippen molar-refractivity contribution in [2.75, 3.05) is 11.9 Å². The second kappa shape index (κ2) is 6.33. The normalized spacial score (nSPS) is 11.0. The van der Waals surface area contributed by atoms with Gasteiger partial charge < -0.3 is 5.32 Å². The minimum Gasteiger partial charge on any atom is -0.369 e. The second-order valence-corrected chi connectivity index (χ2v) is 4.57. The molecule has 0 aliphatic heterocycles. The Labute approximate surface area is 108 Å². The summed E-state index contributed by atoms with van der Waals surface area (Å²) < 4.78 is 1.77. The van der Waals surface area contributed by atoms with E-state index in [1.807, 2.05) is 13.2 Å². The number of unbranched alkanes of at least 4 members (excludes halogenated alkanes) is 4. The first kappa shape index (κ1) is 12.8. The summed E-state index contributed by atoms with van der Waals surface area (Å²) >= 11 is 0. The molecule has 0 unspecified atom stereocenters. The zero-order valence-electron chi connectivity index (χ0n) is 11.2. The van der Waals surface area contributed by atoms with E-state index in [-0.39, 0.29) is 0 Å². The van der Waals surface area contributed by atoms with E-state index in [2.05, 4.69) is 27.3 Å². The van der Waals surface area contributed by atoms with Crippen molar-refractivity contribution in [2.24, 2.45) is 7.05 Å². The molecule has 0 aliphatic carbocycles. The van der Waals surface area contributed by atoms with Gasteiger partial charge in [-0.05, 0) is 6.42 Å². The Morgan fingerprint density at radius 3 is 2.83 bits per heavy atom. The van der Waals surface area contributed by atoms with Crippen molar-refractivity contribution in [3.05, 3.63) is 12.5 Å². The molecule has 0 atom stereocenters. The molecule has 2 aromatic heterocycles. The van der Waals surface area contributed by atoms with Crippen LogP contribution in [-0.4, -0.2) is 26.3 Å². The highest BCUT2D eigenvalue weighted by Gasteiger charge is 2.06. The summed E-state index contributed by atoms with van der Waals surface area (Å²) in [4.78, 5) is 8.50. The lowest BCUT2D eigenvalue weighted by Gasteiger charge is -2.05. The molecular weight excluding hydrogens is 226 g/mol. The molecule has 2 rings (SSSR count). The van der Waals surface area contributed by atoms with Gasteiger partial charge in [0.25, 0.3) is 0 Å². The van der Waals surface area contributed by atoms with E-state index in [9.17, 15) is 0 Å². The highest BCUT2D eigenvalue weighted by Crippen LogP contribution is 2.17. The van der Waals surface area contributed by atoms with E-state index in [1.165, 1.54) is 32.1 Å². The van der Waals surface area contributed by atoms with Gasteiger partial charge in [-0.2, -0.15) is 5.10 Å². The van der Waals surface area contributed by atoms with Gasteiger partial charge in [-0.15, -0.1) is 0 Å². The second-order valence-electron chi connectivity index (χ2n) is 4.57. The lowest BCUT2D eigenvalue weighted by atomic mass is 10.1. The van der Waals surface area contributed by atoms with Crippen molar-refractivity contribution in [3.63, 3.8) is 0 Å². The number of aromatic nitrogens is 4. The van der Waals surface area contributed by atoms with Crippen LogP contribution in [-0.2, 0) is 7.05 Å². The number of rotatable bonds is 7. The largest absolute Gasteiger partial charge is 0.369 e. The molecule has 2 aromatic rings. The van der Waals surface area contributed by atoms with Gasteiger partial charge in [0.15, 0.2) is 5.65 Å². The quantitative estimate of drug-likeness (QED) is 0.764. The Bertz CT molecular complexity index is 491. The van der Waals surface area contributed by atoms with Crippen LogP contribution >= 0.6 is 0 Å². The molecule has 5 nitrogen and oxygen atoms in total. The highest BCUT2D eigenvalue weighted by molar-refractivity contribution is 5.85. The van der Waals surface area contributed by atoms with Crippen LogP contribution < -0.4 is 5.32 Å². The fourth-order valence-electron chi connectivity index (χ4n) is 2.04. The van der Waals surface area contributed by atoms with Gasteiger partial charge in [0.1, 0.15) is 12.1 Å². The van der Waals surface area contributed by atoms with Gasteiger partial charge in [0.2, 0.25) is 0 Å². The number of anilines is 1. The number of nitrogens with one attached hydrogen (secondary N) is 1. The summed E-state index contributed by atoms with van der Waals surface area (Å²) in [6.45, 7) is 3.20. The first-order valence-electron chi connectivity index (χ1n) is 6.69. The number of nitrogens with zero attached hydrogens (tertiary/aromatic N) is 4. The summed E-state index contributed by atoms with van der Waals surface area (Å²) in [5.74, 6) is 0.892. The molecule has 0 radical (unpaired) electrons. The fourth-order valence-corrected chi connectivity index (χ4v) is 2.04. The van der Waals surface area contributed by atoms with Crippen LogP contribution in [0.15, 0.2) is 12.5 Å². The van der Waals surface area contributed by atoms with Crippen LogP contribution in [0.1, 0.15) is 39.0 Å². The van der Waals surface area contributed by atoms with E-state index in [4.69, 9.17) is 0 Å². The van der Waals surface area contributed by atoms with Crippen LogP contribution in [0.5, 0.6) is 0 Å². The standard InChI is InChI=1S/C13H21N5/c1-3-4-5-6-7-8-14-12-11-9-17-18(2)13(11)16-10-15-12/h9-10H,3-8H2,1-2H3,(H,14,15,16). The van der Waals surface area contributed by atoms with Crippen molar-refractivity contribution in [1.29, 1.82) is 0 Å². The number of fused-ring (bicyclic) bond motifs is 1. The van der Waals surface area contributed by atoms with Crippen LogP contribution in [0.25, 0.3) is 11.0 Å². The highest BCUT2D eigenvalue weighted by atomic mass is 15.3. The van der Waals surface area contributed by atoms with Gasteiger partial charge in [0, 0.05) is 13.6 Å². The number of hydrogen-bond acceptors (Lipinski definition) is 4. The fraction of sp³-hybridized carbons (Fsp3) is 0.615. The molecule has 98 valence electrons. The predicted octanol–water partition coefficient (Wildman–Crippen LogP) is 2.75. The molecule has 18 heavy (non-hydrogen) atoms. The Hall–Kier alpha value is -1.65. The SMILES string of the molecule is CCCCCCCNc1ncnc2c1cnn2C. The number of aryl methyl sites for hydroxylation is 1. The molecule has 0 saturated heterocycles. The van der Waals surface area contributed by atoms with Crippen molar-refractivity contribution in [2.45, 2.75) is 39.0 Å². The average molecular weight is 247 g/mol. The third-order valence-corrected chi connectivity index (χ3v) is 3.10. The first-order chi connectivity index (χ1) is 8.83. The van der Waals surface area contributed by atoms with E-state index < -0.39 is 0 Å². The maximum absolute atomic E-state index is 4.28. The van der Waals surface area contributed by atoms with Crippen molar-refractivity contribution >= 4 is 16.9 Å². The zero-order valence-corrected chi connectivity index (χ0v) is 11.2. The molecule has 2 heterocycles. The van der Waals surface area contributed by atoms with Gasteiger partial charge in [0.05, 0.1) is 11.6 Å². The Kier molecular flexibility index (Phi) is 4.50. The smallest absolute Gasteiger partial charge is 0.163 e. The lowest BCUT2D eigenvalue weighted by molar-refractivity contribution is 0.645. The molecule has 0 spiro atoms. The third kappa shape index (κ3) is 2.97. The monoisotopic (exact) mass is 247 g/mol. The minimum absolute atomic E-state index is 0.874. The summed E-state index contributed by atoms with van der Waals surface area (Å²) in [6.07, 6.45) is 9.81.